The molecule has 0 spiro atoms. The van der Waals surface area contributed by atoms with E-state index in [1.54, 1.807) is 12.1 Å². The Morgan fingerprint density at radius 3 is 2.56 bits per heavy atom. The Hall–Kier alpha value is -2.93. The molecule has 36 heavy (non-hydrogen) atoms. The number of urea groups is 1. The van der Waals surface area contributed by atoms with Crippen LogP contribution in [0.4, 0.5) is 14.9 Å². The number of likely N-dealkylation sites (tertiary alicyclic amines) is 1. The van der Waals surface area contributed by atoms with Crippen molar-refractivity contribution < 1.29 is 13.9 Å². The van der Waals surface area contributed by atoms with Gasteiger partial charge in [0.2, 0.25) is 0 Å². The molecule has 1 aliphatic rings. The van der Waals surface area contributed by atoms with Crippen LogP contribution in [0.3, 0.4) is 0 Å². The standard InChI is InChI=1S/C29H41FN4O2/c1-19(2)22(6)31-28(33-29(35)32-26-11-8-10-25(30)17-26)24-13-14-34(21(5)15-24)18-23-9-7-12-27(16-23)36-20(3)4/h7-12,16-17,19-22,24H,13-15,18H2,1-6H3,(H2,31,32,33,35)/t21-,22-,24-/m0/s1. The third-order valence-corrected chi connectivity index (χ3v) is 6.69. The van der Waals surface area contributed by atoms with Gasteiger partial charge < -0.3 is 10.1 Å². The van der Waals surface area contributed by atoms with E-state index in [1.807, 2.05) is 26.0 Å². The molecule has 0 radical (unpaired) electrons. The molecule has 2 N–H and O–H groups in total. The van der Waals surface area contributed by atoms with Gasteiger partial charge in [0.1, 0.15) is 17.4 Å². The van der Waals surface area contributed by atoms with Gasteiger partial charge in [0.25, 0.3) is 0 Å². The number of rotatable bonds is 8. The summed E-state index contributed by atoms with van der Waals surface area (Å²) in [7, 11) is 0. The van der Waals surface area contributed by atoms with Gasteiger partial charge in [-0.25, -0.2) is 9.18 Å². The summed E-state index contributed by atoms with van der Waals surface area (Å²) < 4.78 is 19.4. The molecule has 0 bridgehead atoms. The minimum absolute atomic E-state index is 0.0755. The number of piperidine rings is 1. The smallest absolute Gasteiger partial charge is 0.324 e. The van der Waals surface area contributed by atoms with Crippen LogP contribution in [-0.2, 0) is 6.54 Å². The number of aliphatic imine (C=N–C) groups is 1. The second-order valence-electron chi connectivity index (χ2n) is 10.4. The van der Waals surface area contributed by atoms with Crippen molar-refractivity contribution in [3.05, 3.63) is 59.9 Å². The lowest BCUT2D eigenvalue weighted by atomic mass is 9.89. The molecule has 1 heterocycles. The summed E-state index contributed by atoms with van der Waals surface area (Å²) in [6, 6.07) is 14.2. The molecule has 2 aromatic rings. The number of hydrogen-bond donors (Lipinski definition) is 2. The number of halogens is 1. The van der Waals surface area contributed by atoms with Gasteiger partial charge in [-0.15, -0.1) is 0 Å². The fourth-order valence-electron chi connectivity index (χ4n) is 4.38. The second-order valence-corrected chi connectivity index (χ2v) is 10.4. The summed E-state index contributed by atoms with van der Waals surface area (Å²) in [5, 5.41) is 5.73. The molecule has 0 aromatic heterocycles. The summed E-state index contributed by atoms with van der Waals surface area (Å²) >= 11 is 0. The van der Waals surface area contributed by atoms with E-state index < -0.39 is 11.8 Å². The summed E-state index contributed by atoms with van der Waals surface area (Å²) in [5.74, 6) is 1.72. The van der Waals surface area contributed by atoms with E-state index >= 15 is 0 Å². The van der Waals surface area contributed by atoms with Crippen LogP contribution in [0, 0.1) is 17.7 Å². The van der Waals surface area contributed by atoms with Crippen LogP contribution in [0.15, 0.2) is 53.5 Å². The van der Waals surface area contributed by atoms with Crippen molar-refractivity contribution in [2.75, 3.05) is 11.9 Å². The number of carbonyl (C=O) groups is 1. The zero-order valence-electron chi connectivity index (χ0n) is 22.4. The fraction of sp³-hybridized carbons (Fsp3) is 0.517. The van der Waals surface area contributed by atoms with Gasteiger partial charge >= 0.3 is 6.03 Å². The number of ether oxygens (including phenoxy) is 1. The maximum Gasteiger partial charge on any atom is 0.324 e. The molecular formula is C29H41FN4O2. The molecule has 2 aromatic carbocycles. The average molecular weight is 497 g/mol. The number of carbonyl (C=O) groups excluding carboxylic acids is 1. The molecule has 0 saturated carbocycles. The molecular weight excluding hydrogens is 455 g/mol. The first-order chi connectivity index (χ1) is 17.1. The molecule has 3 rings (SSSR count). The molecule has 1 aliphatic heterocycles. The minimum atomic E-state index is -0.396. The first-order valence-electron chi connectivity index (χ1n) is 13.0. The van der Waals surface area contributed by atoms with Gasteiger partial charge in [-0.1, -0.05) is 32.0 Å². The number of nitrogens with one attached hydrogen (secondary N) is 2. The Kier molecular flexibility index (Phi) is 9.88. The number of nitrogens with zero attached hydrogens (tertiary/aromatic N) is 2. The molecule has 6 nitrogen and oxygen atoms in total. The van der Waals surface area contributed by atoms with Crippen molar-refractivity contribution in [1.82, 2.24) is 10.2 Å². The Morgan fingerprint density at radius 1 is 1.14 bits per heavy atom. The van der Waals surface area contributed by atoms with Crippen LogP contribution in [0.5, 0.6) is 5.75 Å². The van der Waals surface area contributed by atoms with Gasteiger partial charge in [-0.2, -0.15) is 0 Å². The normalized spacial score (nSPS) is 19.9. The van der Waals surface area contributed by atoms with Crippen molar-refractivity contribution in [2.45, 2.75) is 79.1 Å². The highest BCUT2D eigenvalue weighted by molar-refractivity contribution is 6.04. The predicted molar refractivity (Wildman–Crippen MR) is 145 cm³/mol. The maximum absolute atomic E-state index is 13.5. The van der Waals surface area contributed by atoms with Crippen LogP contribution in [0.1, 0.15) is 59.9 Å². The Balaban J connectivity index is 1.67. The molecule has 3 atom stereocenters. The first-order valence-corrected chi connectivity index (χ1v) is 13.0. The van der Waals surface area contributed by atoms with Gasteiger partial charge in [0, 0.05) is 24.2 Å². The van der Waals surface area contributed by atoms with Crippen molar-refractivity contribution in [2.24, 2.45) is 16.8 Å². The van der Waals surface area contributed by atoms with E-state index in [9.17, 15) is 9.18 Å². The zero-order chi connectivity index (χ0) is 26.2. The lowest BCUT2D eigenvalue weighted by Gasteiger charge is -2.38. The largest absolute Gasteiger partial charge is 0.491 e. The topological polar surface area (TPSA) is 66.0 Å². The van der Waals surface area contributed by atoms with E-state index in [2.05, 4.69) is 55.4 Å². The molecule has 0 aliphatic carbocycles. The fourth-order valence-corrected chi connectivity index (χ4v) is 4.38. The third kappa shape index (κ3) is 8.33. The van der Waals surface area contributed by atoms with Crippen molar-refractivity contribution in [3.8, 4) is 5.75 Å². The van der Waals surface area contributed by atoms with Crippen molar-refractivity contribution in [1.29, 1.82) is 0 Å². The van der Waals surface area contributed by atoms with Gasteiger partial charge in [0.15, 0.2) is 0 Å². The molecule has 1 fully saturated rings. The van der Waals surface area contributed by atoms with Crippen molar-refractivity contribution in [3.63, 3.8) is 0 Å². The Morgan fingerprint density at radius 2 is 1.89 bits per heavy atom. The Labute approximate surface area is 215 Å². The summed E-state index contributed by atoms with van der Waals surface area (Å²) in [6.07, 6.45) is 1.94. The lowest BCUT2D eigenvalue weighted by molar-refractivity contribution is 0.134. The minimum Gasteiger partial charge on any atom is -0.491 e. The lowest BCUT2D eigenvalue weighted by Crippen LogP contribution is -2.47. The van der Waals surface area contributed by atoms with E-state index in [0.717, 1.165) is 31.7 Å². The monoisotopic (exact) mass is 496 g/mol. The van der Waals surface area contributed by atoms with E-state index in [1.165, 1.54) is 17.7 Å². The van der Waals surface area contributed by atoms with Gasteiger partial charge in [-0.3, -0.25) is 15.2 Å². The van der Waals surface area contributed by atoms with E-state index in [0.29, 0.717) is 23.5 Å². The molecule has 2 amide bonds. The van der Waals surface area contributed by atoms with Crippen LogP contribution in [0.25, 0.3) is 0 Å². The van der Waals surface area contributed by atoms with E-state index in [-0.39, 0.29) is 18.1 Å². The summed E-state index contributed by atoms with van der Waals surface area (Å²) in [4.78, 5) is 20.2. The maximum atomic E-state index is 13.5. The summed E-state index contributed by atoms with van der Waals surface area (Å²) in [6.45, 7) is 14.4. The SMILES string of the molecule is CC(C)Oc1cccc(CN2CC[C@H](C(=N[C@@H](C)C(C)C)NC(=O)Nc3cccc(F)c3)C[C@@H]2C)c1. The number of hydrogen-bond acceptors (Lipinski definition) is 4. The molecule has 1 saturated heterocycles. The molecule has 0 unspecified atom stereocenters. The van der Waals surface area contributed by atoms with E-state index in [4.69, 9.17) is 9.73 Å². The highest BCUT2D eigenvalue weighted by Gasteiger charge is 2.30. The number of amides is 2. The van der Waals surface area contributed by atoms with Crippen LogP contribution >= 0.6 is 0 Å². The highest BCUT2D eigenvalue weighted by Crippen LogP contribution is 2.27. The second kappa shape index (κ2) is 12.9. The molecule has 196 valence electrons. The van der Waals surface area contributed by atoms with Crippen LogP contribution < -0.4 is 15.4 Å². The number of anilines is 1. The predicted octanol–water partition coefficient (Wildman–Crippen LogP) is 6.48. The third-order valence-electron chi connectivity index (χ3n) is 6.69. The zero-order valence-corrected chi connectivity index (χ0v) is 22.4. The average Bonchev–Trinajstić information content (AvgIpc) is 2.79. The highest BCUT2D eigenvalue weighted by atomic mass is 19.1. The van der Waals surface area contributed by atoms with Crippen molar-refractivity contribution >= 4 is 17.6 Å². The summed E-state index contributed by atoms with van der Waals surface area (Å²) in [5.41, 5.74) is 1.64. The quantitative estimate of drug-likeness (QED) is 0.325. The first kappa shape index (κ1) is 27.7. The van der Waals surface area contributed by atoms with Gasteiger partial charge in [-0.05, 0) is 88.9 Å². The van der Waals surface area contributed by atoms with Crippen LogP contribution in [-0.4, -0.2) is 41.5 Å². The number of benzene rings is 2. The Bertz CT molecular complexity index is 1040. The van der Waals surface area contributed by atoms with Crippen LogP contribution in [0.2, 0.25) is 0 Å². The molecule has 7 heteroatoms. The number of amidine groups is 1. The van der Waals surface area contributed by atoms with Gasteiger partial charge in [0.05, 0.1) is 12.1 Å².